The molecule has 0 heterocycles. The first-order valence-electron chi connectivity index (χ1n) is 5.69. The minimum absolute atomic E-state index is 0.112. The van der Waals surface area contributed by atoms with Gasteiger partial charge in [0.1, 0.15) is 0 Å². The van der Waals surface area contributed by atoms with Crippen molar-refractivity contribution in [3.05, 3.63) is 0 Å². The summed E-state index contributed by atoms with van der Waals surface area (Å²) >= 11 is 1.62. The van der Waals surface area contributed by atoms with Crippen molar-refractivity contribution in [2.24, 2.45) is 5.92 Å². The first-order valence-corrected chi connectivity index (χ1v) is 6.50. The minimum atomic E-state index is -4.00. The van der Waals surface area contributed by atoms with Crippen LogP contribution in [0, 0.1) is 5.92 Å². The van der Waals surface area contributed by atoms with Gasteiger partial charge in [-0.25, -0.2) is 0 Å². The second-order valence-electron chi connectivity index (χ2n) is 5.42. The molecule has 1 nitrogen and oxygen atoms in total. The maximum absolute atomic E-state index is 12.4. The van der Waals surface area contributed by atoms with Crippen LogP contribution in [0.2, 0.25) is 0 Å². The molecule has 0 amide bonds. The zero-order valence-corrected chi connectivity index (χ0v) is 10.8. The molecule has 1 aliphatic rings. The number of nitrogens with one attached hydrogen (secondary N) is 1. The van der Waals surface area contributed by atoms with Gasteiger partial charge in [-0.15, -0.1) is 0 Å². The molecule has 0 unspecified atom stereocenters. The number of rotatable bonds is 2. The topological polar surface area (TPSA) is 12.0 Å². The van der Waals surface area contributed by atoms with Crippen molar-refractivity contribution >= 4 is 11.9 Å². The van der Waals surface area contributed by atoms with Crippen molar-refractivity contribution in [2.45, 2.75) is 63.4 Å². The lowest BCUT2D eigenvalue weighted by Crippen LogP contribution is -2.35. The van der Waals surface area contributed by atoms with Gasteiger partial charge in [0.25, 0.3) is 0 Å². The molecule has 1 rings (SSSR count). The Balaban J connectivity index is 2.28. The molecule has 96 valence electrons. The van der Waals surface area contributed by atoms with Crippen LogP contribution in [0.1, 0.15) is 46.5 Å². The van der Waals surface area contributed by atoms with Crippen LogP contribution >= 0.6 is 11.9 Å². The summed E-state index contributed by atoms with van der Waals surface area (Å²) in [6.07, 6.45) is -2.19. The predicted molar refractivity (Wildman–Crippen MR) is 62.3 cm³/mol. The highest BCUT2D eigenvalue weighted by Gasteiger charge is 2.41. The first-order chi connectivity index (χ1) is 7.18. The largest absolute Gasteiger partial charge is 0.391 e. The quantitative estimate of drug-likeness (QED) is 0.744. The van der Waals surface area contributed by atoms with Crippen molar-refractivity contribution in [1.29, 1.82) is 0 Å². The third-order valence-electron chi connectivity index (χ3n) is 2.72. The van der Waals surface area contributed by atoms with Crippen LogP contribution in [-0.2, 0) is 0 Å². The number of alkyl halides is 3. The fraction of sp³-hybridized carbons (Fsp3) is 1.00. The van der Waals surface area contributed by atoms with E-state index >= 15 is 0 Å². The third-order valence-corrected chi connectivity index (χ3v) is 3.79. The van der Waals surface area contributed by atoms with Crippen molar-refractivity contribution in [2.75, 3.05) is 0 Å². The summed E-state index contributed by atoms with van der Waals surface area (Å²) in [5, 5.41) is 0. The molecule has 0 aromatic heterocycles. The molecule has 1 saturated carbocycles. The second kappa shape index (κ2) is 5.17. The Bertz CT molecular complexity index is 214. The maximum atomic E-state index is 12.4. The van der Waals surface area contributed by atoms with Gasteiger partial charge in [-0.05, 0) is 46.5 Å². The Morgan fingerprint density at radius 2 is 1.50 bits per heavy atom. The van der Waals surface area contributed by atoms with Gasteiger partial charge in [0.2, 0.25) is 0 Å². The maximum Gasteiger partial charge on any atom is 0.391 e. The number of hydrogen-bond acceptors (Lipinski definition) is 2. The lowest BCUT2D eigenvalue weighted by atomic mass is 9.86. The van der Waals surface area contributed by atoms with Gasteiger partial charge >= 0.3 is 6.18 Å². The van der Waals surface area contributed by atoms with E-state index in [9.17, 15) is 13.2 Å². The zero-order valence-electron chi connectivity index (χ0n) is 10.0. The van der Waals surface area contributed by atoms with Crippen molar-refractivity contribution in [1.82, 2.24) is 4.72 Å². The molecule has 0 aromatic rings. The second-order valence-corrected chi connectivity index (χ2v) is 7.09. The van der Waals surface area contributed by atoms with Gasteiger partial charge < -0.3 is 0 Å². The van der Waals surface area contributed by atoms with Crippen LogP contribution in [0.4, 0.5) is 13.2 Å². The van der Waals surface area contributed by atoms with Crippen LogP contribution < -0.4 is 4.72 Å². The summed E-state index contributed by atoms with van der Waals surface area (Å²) in [5.41, 5.74) is 0. The lowest BCUT2D eigenvalue weighted by Gasteiger charge is -2.31. The summed E-state index contributed by atoms with van der Waals surface area (Å²) in [7, 11) is 0. The summed E-state index contributed by atoms with van der Waals surface area (Å²) in [6.45, 7) is 6.27. The van der Waals surface area contributed by atoms with Crippen molar-refractivity contribution < 1.29 is 13.2 Å². The Morgan fingerprint density at radius 3 is 1.88 bits per heavy atom. The van der Waals surface area contributed by atoms with Gasteiger partial charge in [-0.2, -0.15) is 13.2 Å². The molecular formula is C11H20F3NS. The molecule has 1 N–H and O–H groups in total. The van der Waals surface area contributed by atoms with E-state index in [-0.39, 0.29) is 23.6 Å². The molecule has 1 aliphatic carbocycles. The Morgan fingerprint density at radius 1 is 1.00 bits per heavy atom. The zero-order chi connectivity index (χ0) is 12.4. The predicted octanol–water partition coefficient (Wildman–Crippen LogP) is 4.14. The van der Waals surface area contributed by atoms with E-state index in [2.05, 4.69) is 25.5 Å². The molecule has 0 aliphatic heterocycles. The Labute approximate surface area is 99.7 Å². The fourth-order valence-electron chi connectivity index (χ4n) is 1.80. The average molecular weight is 255 g/mol. The molecule has 5 heteroatoms. The van der Waals surface area contributed by atoms with Gasteiger partial charge in [-0.1, -0.05) is 11.9 Å². The number of halogens is 3. The smallest absolute Gasteiger partial charge is 0.261 e. The van der Waals surface area contributed by atoms with E-state index in [1.165, 1.54) is 0 Å². The highest BCUT2D eigenvalue weighted by molar-refractivity contribution is 7.98. The molecule has 0 spiro atoms. The summed E-state index contributed by atoms with van der Waals surface area (Å²) in [6, 6.07) is 0.239. The van der Waals surface area contributed by atoms with Crippen LogP contribution in [-0.4, -0.2) is 17.0 Å². The number of hydrogen-bond donors (Lipinski definition) is 1. The van der Waals surface area contributed by atoms with E-state index in [1.54, 1.807) is 11.9 Å². The van der Waals surface area contributed by atoms with Crippen molar-refractivity contribution in [3.63, 3.8) is 0 Å². The summed E-state index contributed by atoms with van der Waals surface area (Å²) in [5.74, 6) is -1.08. The Hall–Kier alpha value is 0.100. The van der Waals surface area contributed by atoms with Crippen LogP contribution in [0.15, 0.2) is 0 Å². The van der Waals surface area contributed by atoms with E-state index < -0.39 is 12.1 Å². The lowest BCUT2D eigenvalue weighted by molar-refractivity contribution is -0.182. The van der Waals surface area contributed by atoms with E-state index in [4.69, 9.17) is 0 Å². The average Bonchev–Trinajstić information content (AvgIpc) is 2.13. The minimum Gasteiger partial charge on any atom is -0.261 e. The Kier molecular flexibility index (Phi) is 4.57. The summed E-state index contributed by atoms with van der Waals surface area (Å²) < 4.78 is 40.6. The molecule has 16 heavy (non-hydrogen) atoms. The highest BCUT2D eigenvalue weighted by Crippen LogP contribution is 2.38. The summed E-state index contributed by atoms with van der Waals surface area (Å²) in [4.78, 5) is 0. The van der Waals surface area contributed by atoms with Gasteiger partial charge in [0.05, 0.1) is 5.92 Å². The fourth-order valence-corrected chi connectivity index (χ4v) is 2.55. The van der Waals surface area contributed by atoms with E-state index in [0.29, 0.717) is 12.8 Å². The standard InChI is InChI=1S/C11H20F3NS/c1-10(2,3)16-15-9-6-4-8(5-7-9)11(12,13)14/h8-9,15H,4-7H2,1-3H3. The van der Waals surface area contributed by atoms with Crippen molar-refractivity contribution in [3.8, 4) is 0 Å². The van der Waals surface area contributed by atoms with Crippen LogP contribution in [0.25, 0.3) is 0 Å². The molecule has 0 atom stereocenters. The normalized spacial score (nSPS) is 28.1. The molecule has 0 radical (unpaired) electrons. The van der Waals surface area contributed by atoms with Crippen LogP contribution in [0.3, 0.4) is 0 Å². The molecule has 0 aromatic carbocycles. The van der Waals surface area contributed by atoms with Crippen LogP contribution in [0.5, 0.6) is 0 Å². The van der Waals surface area contributed by atoms with E-state index in [0.717, 1.165) is 0 Å². The molecule has 1 fully saturated rings. The highest BCUT2D eigenvalue weighted by atomic mass is 32.2. The molecule has 0 bridgehead atoms. The van der Waals surface area contributed by atoms with Gasteiger partial charge in [0.15, 0.2) is 0 Å². The van der Waals surface area contributed by atoms with Gasteiger partial charge in [0, 0.05) is 10.8 Å². The third kappa shape index (κ3) is 4.95. The van der Waals surface area contributed by atoms with Gasteiger partial charge in [-0.3, -0.25) is 4.72 Å². The first kappa shape index (κ1) is 14.2. The SMILES string of the molecule is CC(C)(C)SNC1CCC(C(F)(F)F)CC1. The molecule has 0 saturated heterocycles. The molecular weight excluding hydrogens is 235 g/mol. The monoisotopic (exact) mass is 255 g/mol. The van der Waals surface area contributed by atoms with E-state index in [1.807, 2.05) is 0 Å².